The van der Waals surface area contributed by atoms with Crippen LogP contribution in [0.1, 0.15) is 11.1 Å². The van der Waals surface area contributed by atoms with E-state index in [4.69, 9.17) is 4.74 Å². The van der Waals surface area contributed by atoms with Crippen LogP contribution in [0.15, 0.2) is 219 Å². The molecule has 8 aromatic carbocycles. The van der Waals surface area contributed by atoms with E-state index in [1.54, 1.807) is 0 Å². The molecule has 5 aliphatic rings. The first-order valence-electron chi connectivity index (χ1n) is 23.0. The molecule has 5 nitrogen and oxygen atoms in total. The first-order chi connectivity index (χ1) is 32.8. The van der Waals surface area contributed by atoms with Gasteiger partial charge in [0, 0.05) is 0 Å². The summed E-state index contributed by atoms with van der Waals surface area (Å²) in [5, 5.41) is 5.13. The molecule has 4 aromatic heterocycles. The number of ether oxygens (including phenoxy) is 1. The predicted octanol–water partition coefficient (Wildman–Crippen LogP) is 5.87. The van der Waals surface area contributed by atoms with Crippen LogP contribution in [-0.4, -0.2) is 35.7 Å². The number of fused-ring (bicyclic) bond motifs is 2. The molecule has 12 aromatic rings. The van der Waals surface area contributed by atoms with Crippen molar-refractivity contribution in [3.05, 3.63) is 230 Å². The van der Waals surface area contributed by atoms with Gasteiger partial charge in [-0.3, -0.25) is 0 Å². The van der Waals surface area contributed by atoms with Crippen LogP contribution in [-0.2, 0) is 5.66 Å². The molecule has 17 rings (SSSR count). The molecule has 5 aliphatic heterocycles. The standard InChI is InChI=1S/C59H36Ge2N4O/c1-5-17-37(18-6-1)60(38-19-7-2-8-20-38)45-27-13-25-41-43-31-33-49-51-55(43)64(53(41)45)57-47(60)29-15-35-62(57)59(51)52-50(66-49)34-32-44-42-26-14-28-46-54(42)65(56(44)52)58-48(30-16-36-63(58)59)61(46,39-21-9-3-10-22-39)40-23-11-4-12-24-40/h1-36H/q+2. The van der Waals surface area contributed by atoms with Gasteiger partial charge < -0.3 is 0 Å². The van der Waals surface area contributed by atoms with Crippen molar-refractivity contribution in [3.8, 4) is 23.1 Å². The van der Waals surface area contributed by atoms with E-state index in [1.165, 1.54) is 102 Å². The molecule has 0 aliphatic carbocycles. The summed E-state index contributed by atoms with van der Waals surface area (Å²) in [7, 11) is 0. The molecule has 0 atom stereocenters. The molecule has 66 heavy (non-hydrogen) atoms. The van der Waals surface area contributed by atoms with Gasteiger partial charge in [0.2, 0.25) is 0 Å². The Morgan fingerprint density at radius 3 is 1.09 bits per heavy atom. The average Bonchev–Trinajstić information content (AvgIpc) is 3.92. The molecule has 0 fully saturated rings. The minimum atomic E-state index is -3.82. The third kappa shape index (κ3) is 3.52. The van der Waals surface area contributed by atoms with E-state index in [9.17, 15) is 0 Å². The number of aromatic nitrogens is 4. The Balaban J connectivity index is 1.15. The first-order valence-corrected chi connectivity index (χ1v) is 31.4. The van der Waals surface area contributed by atoms with Crippen LogP contribution in [0.3, 0.4) is 0 Å². The zero-order valence-corrected chi connectivity index (χ0v) is 39.7. The van der Waals surface area contributed by atoms with E-state index in [0.29, 0.717) is 0 Å². The molecule has 0 saturated carbocycles. The van der Waals surface area contributed by atoms with Gasteiger partial charge in [0.25, 0.3) is 0 Å². The van der Waals surface area contributed by atoms with E-state index >= 15 is 0 Å². The van der Waals surface area contributed by atoms with Gasteiger partial charge in [-0.2, -0.15) is 0 Å². The van der Waals surface area contributed by atoms with Gasteiger partial charge >= 0.3 is 387 Å². The Bertz CT molecular complexity index is 3850. The van der Waals surface area contributed by atoms with Gasteiger partial charge in [0.15, 0.2) is 0 Å². The first kappa shape index (κ1) is 34.9. The number of rotatable bonds is 4. The Morgan fingerprint density at radius 2 is 0.697 bits per heavy atom. The normalized spacial score (nSPS) is 16.1. The molecule has 7 heteroatoms. The second-order valence-corrected chi connectivity index (χ2v) is 34.4. The molecule has 304 valence electrons. The van der Waals surface area contributed by atoms with Crippen molar-refractivity contribution < 1.29 is 13.9 Å². The number of para-hydroxylation sites is 2. The predicted molar refractivity (Wildman–Crippen MR) is 268 cm³/mol. The van der Waals surface area contributed by atoms with Crippen molar-refractivity contribution in [1.82, 2.24) is 9.13 Å². The maximum absolute atomic E-state index is 7.35. The SMILES string of the molecule is c1cc[c]([Ge]2([c]3ccccc3)[c]3ccc[n+]4c3-n3c5[c]2cccc5c2ccc5c(c23)C42c3c(ccc4c6ccc[c]7c6n(c34)-c3[c](ccc[n+]32)[Ge]7([c]2ccccc2)[c]2ccccc2)O5)cc1. The van der Waals surface area contributed by atoms with Gasteiger partial charge in [-0.15, -0.1) is 0 Å². The molecule has 9 heterocycles. The van der Waals surface area contributed by atoms with Crippen LogP contribution in [0.2, 0.25) is 0 Å². The molecule has 0 unspecified atom stereocenters. The molecule has 0 amide bonds. The molecule has 0 radical (unpaired) electrons. The van der Waals surface area contributed by atoms with E-state index in [2.05, 4.69) is 237 Å². The average molecular weight is 962 g/mol. The Kier molecular flexibility index (Phi) is 6.17. The van der Waals surface area contributed by atoms with Gasteiger partial charge in [-0.05, 0) is 0 Å². The zero-order chi connectivity index (χ0) is 42.7. The Hall–Kier alpha value is -7.45. The zero-order valence-electron chi connectivity index (χ0n) is 35.5. The summed E-state index contributed by atoms with van der Waals surface area (Å²) in [6.07, 6.45) is 4.81. The van der Waals surface area contributed by atoms with E-state index in [-0.39, 0.29) is 0 Å². The monoisotopic (exact) mass is 964 g/mol. The summed E-state index contributed by atoms with van der Waals surface area (Å²) < 4.78 is 29.7. The summed E-state index contributed by atoms with van der Waals surface area (Å²) >= 11 is -7.64. The van der Waals surface area contributed by atoms with Gasteiger partial charge in [0.05, 0.1) is 0 Å². The number of nitrogens with zero attached hydrogens (tertiary/aromatic N) is 4. The minimum absolute atomic E-state index is 0.856. The summed E-state index contributed by atoms with van der Waals surface area (Å²) in [6.45, 7) is 0. The fourth-order valence-corrected chi connectivity index (χ4v) is 35.6. The van der Waals surface area contributed by atoms with Crippen molar-refractivity contribution in [2.75, 3.05) is 0 Å². The van der Waals surface area contributed by atoms with E-state index in [0.717, 1.165) is 11.5 Å². The van der Waals surface area contributed by atoms with Gasteiger partial charge in [-0.1, -0.05) is 0 Å². The second kappa shape index (κ2) is 11.7. The summed E-state index contributed by atoms with van der Waals surface area (Å²) in [4.78, 5) is 0. The van der Waals surface area contributed by atoms with Crippen LogP contribution < -0.4 is 49.0 Å². The van der Waals surface area contributed by atoms with Gasteiger partial charge in [-0.25, -0.2) is 0 Å². The fourth-order valence-electron chi connectivity index (χ4n) is 14.2. The van der Waals surface area contributed by atoms with Crippen molar-refractivity contribution in [2.45, 2.75) is 5.66 Å². The molecular formula is C59H36Ge2N4O+2. The molecular weight excluding hydrogens is 926 g/mol. The van der Waals surface area contributed by atoms with Crippen LogP contribution in [0.4, 0.5) is 0 Å². The van der Waals surface area contributed by atoms with E-state index < -0.39 is 32.2 Å². The molecule has 0 N–H and O–H groups in total. The number of hydrogen-bond acceptors (Lipinski definition) is 1. The summed E-state index contributed by atoms with van der Waals surface area (Å²) in [6, 6.07) is 79.4. The van der Waals surface area contributed by atoms with Crippen LogP contribution in [0.25, 0.3) is 55.2 Å². The third-order valence-electron chi connectivity index (χ3n) is 16.2. The second-order valence-electron chi connectivity index (χ2n) is 18.7. The Labute approximate surface area is 384 Å². The van der Waals surface area contributed by atoms with Crippen molar-refractivity contribution in [3.63, 3.8) is 0 Å². The fraction of sp³-hybridized carbons (Fsp3) is 0.0169. The number of benzene rings is 8. The topological polar surface area (TPSA) is 26.8 Å². The van der Waals surface area contributed by atoms with Crippen molar-refractivity contribution >= 4 is 105 Å². The van der Waals surface area contributed by atoms with Crippen LogP contribution in [0, 0.1) is 0 Å². The van der Waals surface area contributed by atoms with Crippen LogP contribution >= 0.6 is 0 Å². The summed E-state index contributed by atoms with van der Waals surface area (Å²) in [5.74, 6) is 4.35. The van der Waals surface area contributed by atoms with Crippen molar-refractivity contribution in [1.29, 1.82) is 0 Å². The third-order valence-corrected chi connectivity index (χ3v) is 36.4. The molecule has 1 spiro atoms. The summed E-state index contributed by atoms with van der Waals surface area (Å²) in [5.41, 5.74) is 6.70. The molecule has 0 bridgehead atoms. The number of hydrogen-bond donors (Lipinski definition) is 0. The maximum atomic E-state index is 7.35. The van der Waals surface area contributed by atoms with Gasteiger partial charge in [0.1, 0.15) is 0 Å². The van der Waals surface area contributed by atoms with Crippen molar-refractivity contribution in [2.24, 2.45) is 0 Å². The van der Waals surface area contributed by atoms with E-state index in [1.807, 2.05) is 0 Å². The number of pyridine rings is 2. The van der Waals surface area contributed by atoms with Crippen LogP contribution in [0.5, 0.6) is 11.5 Å². The molecule has 0 saturated heterocycles. The quantitative estimate of drug-likeness (QED) is 0.161. The Morgan fingerprint density at radius 1 is 0.333 bits per heavy atom.